The molecule has 0 aliphatic carbocycles. The van der Waals surface area contributed by atoms with Gasteiger partial charge in [-0.1, -0.05) is 18.2 Å². The first-order valence-electron chi connectivity index (χ1n) is 5.81. The van der Waals surface area contributed by atoms with Gasteiger partial charge in [0.2, 0.25) is 0 Å². The molecule has 0 aliphatic rings. The van der Waals surface area contributed by atoms with Crippen molar-refractivity contribution in [3.8, 4) is 0 Å². The molecule has 2 rings (SSSR count). The highest BCUT2D eigenvalue weighted by atomic mass is 19.2. The summed E-state index contributed by atoms with van der Waals surface area (Å²) in [4.78, 5) is 0. The van der Waals surface area contributed by atoms with Gasteiger partial charge in [-0.15, -0.1) is 0 Å². The van der Waals surface area contributed by atoms with E-state index in [-0.39, 0.29) is 17.8 Å². The molecule has 2 aromatic carbocycles. The fourth-order valence-corrected chi connectivity index (χ4v) is 1.93. The summed E-state index contributed by atoms with van der Waals surface area (Å²) in [5, 5.41) is 10.3. The van der Waals surface area contributed by atoms with Crippen LogP contribution < -0.4 is 0 Å². The summed E-state index contributed by atoms with van der Waals surface area (Å²) in [5.41, 5.74) is -0.376. The predicted octanol–water partition coefficient (Wildman–Crippen LogP) is 3.55. The first-order chi connectivity index (χ1) is 8.88. The molecule has 1 atom stereocenters. The lowest BCUT2D eigenvalue weighted by Crippen LogP contribution is -2.24. The van der Waals surface area contributed by atoms with Gasteiger partial charge in [0.1, 0.15) is 5.82 Å². The Bertz CT molecular complexity index is 576. The predicted molar refractivity (Wildman–Crippen MR) is 66.0 cm³/mol. The molecule has 0 radical (unpaired) electrons. The smallest absolute Gasteiger partial charge is 0.159 e. The van der Waals surface area contributed by atoms with Crippen LogP contribution in [0.4, 0.5) is 13.2 Å². The van der Waals surface area contributed by atoms with Gasteiger partial charge in [-0.05, 0) is 42.3 Å². The van der Waals surface area contributed by atoms with E-state index in [1.165, 1.54) is 25.1 Å². The molecule has 1 unspecified atom stereocenters. The monoisotopic (exact) mass is 266 g/mol. The first kappa shape index (κ1) is 13.6. The normalized spacial score (nSPS) is 14.2. The van der Waals surface area contributed by atoms with E-state index in [4.69, 9.17) is 0 Å². The third-order valence-corrected chi connectivity index (χ3v) is 3.00. The van der Waals surface area contributed by atoms with E-state index in [9.17, 15) is 18.3 Å². The fraction of sp³-hybridized carbons (Fsp3) is 0.200. The Balaban J connectivity index is 2.26. The van der Waals surface area contributed by atoms with Crippen LogP contribution in [0.15, 0.2) is 42.5 Å². The van der Waals surface area contributed by atoms with E-state index in [0.717, 1.165) is 12.1 Å². The summed E-state index contributed by atoms with van der Waals surface area (Å²) in [5.74, 6) is -2.32. The number of benzene rings is 2. The standard InChI is InChI=1S/C15H13F3O/c1-15(19,9-10-2-5-12(16)6-3-10)11-4-7-13(17)14(18)8-11/h2-8,19H,9H2,1H3. The number of hydrogen-bond donors (Lipinski definition) is 1. The quantitative estimate of drug-likeness (QED) is 0.900. The van der Waals surface area contributed by atoms with E-state index < -0.39 is 17.2 Å². The summed E-state index contributed by atoms with van der Waals surface area (Å²) in [6.07, 6.45) is 0.179. The Morgan fingerprint density at radius 2 is 1.58 bits per heavy atom. The third kappa shape index (κ3) is 3.15. The van der Waals surface area contributed by atoms with Crippen molar-refractivity contribution < 1.29 is 18.3 Å². The minimum absolute atomic E-state index is 0.179. The zero-order valence-electron chi connectivity index (χ0n) is 10.3. The van der Waals surface area contributed by atoms with Crippen LogP contribution in [0.25, 0.3) is 0 Å². The molecule has 0 fully saturated rings. The highest BCUT2D eigenvalue weighted by molar-refractivity contribution is 5.27. The molecule has 19 heavy (non-hydrogen) atoms. The van der Waals surface area contributed by atoms with Crippen LogP contribution in [-0.4, -0.2) is 5.11 Å². The van der Waals surface area contributed by atoms with Crippen molar-refractivity contribution in [2.45, 2.75) is 18.9 Å². The van der Waals surface area contributed by atoms with Crippen molar-refractivity contribution in [3.05, 3.63) is 71.0 Å². The number of rotatable bonds is 3. The third-order valence-electron chi connectivity index (χ3n) is 3.00. The van der Waals surface area contributed by atoms with Gasteiger partial charge in [-0.2, -0.15) is 0 Å². The minimum Gasteiger partial charge on any atom is -0.385 e. The van der Waals surface area contributed by atoms with Crippen molar-refractivity contribution in [2.75, 3.05) is 0 Å². The Labute approximate surface area is 109 Å². The second kappa shape index (κ2) is 5.05. The maximum absolute atomic E-state index is 13.2. The maximum atomic E-state index is 13.2. The molecule has 1 nitrogen and oxygen atoms in total. The van der Waals surface area contributed by atoms with Gasteiger partial charge < -0.3 is 5.11 Å². The Morgan fingerprint density at radius 1 is 0.947 bits per heavy atom. The topological polar surface area (TPSA) is 20.2 Å². The Morgan fingerprint density at radius 3 is 2.16 bits per heavy atom. The van der Waals surface area contributed by atoms with E-state index in [1.54, 1.807) is 12.1 Å². The lowest BCUT2D eigenvalue weighted by atomic mass is 9.89. The van der Waals surface area contributed by atoms with Gasteiger partial charge in [0.15, 0.2) is 11.6 Å². The van der Waals surface area contributed by atoms with Crippen LogP contribution in [0.1, 0.15) is 18.1 Å². The average molecular weight is 266 g/mol. The molecule has 0 aromatic heterocycles. The Kier molecular flexibility index (Phi) is 3.62. The first-order valence-corrected chi connectivity index (χ1v) is 5.81. The molecule has 0 bridgehead atoms. The summed E-state index contributed by atoms with van der Waals surface area (Å²) in [6.45, 7) is 1.50. The van der Waals surface area contributed by atoms with Crippen molar-refractivity contribution in [2.24, 2.45) is 0 Å². The molecule has 0 saturated carbocycles. The molecular weight excluding hydrogens is 253 g/mol. The van der Waals surface area contributed by atoms with E-state index in [2.05, 4.69) is 0 Å². The second-order valence-corrected chi connectivity index (χ2v) is 4.71. The highest BCUT2D eigenvalue weighted by Gasteiger charge is 2.24. The Hall–Kier alpha value is -1.81. The lowest BCUT2D eigenvalue weighted by molar-refractivity contribution is 0.0571. The van der Waals surface area contributed by atoms with Crippen LogP contribution in [-0.2, 0) is 12.0 Å². The summed E-state index contributed by atoms with van der Waals surface area (Å²) >= 11 is 0. The average Bonchev–Trinajstić information content (AvgIpc) is 2.35. The largest absolute Gasteiger partial charge is 0.385 e. The number of aliphatic hydroxyl groups is 1. The molecule has 0 spiro atoms. The minimum atomic E-state index is -1.35. The van der Waals surface area contributed by atoms with Gasteiger partial charge >= 0.3 is 0 Å². The molecule has 1 N–H and O–H groups in total. The molecular formula is C15H13F3O. The van der Waals surface area contributed by atoms with Gasteiger partial charge in [-0.25, -0.2) is 13.2 Å². The van der Waals surface area contributed by atoms with Crippen LogP contribution in [0.5, 0.6) is 0 Å². The van der Waals surface area contributed by atoms with Gasteiger partial charge in [-0.3, -0.25) is 0 Å². The van der Waals surface area contributed by atoms with Crippen LogP contribution in [0, 0.1) is 17.5 Å². The van der Waals surface area contributed by atoms with E-state index in [0.29, 0.717) is 5.56 Å². The highest BCUT2D eigenvalue weighted by Crippen LogP contribution is 2.26. The van der Waals surface area contributed by atoms with E-state index >= 15 is 0 Å². The summed E-state index contributed by atoms with van der Waals surface area (Å²) < 4.78 is 38.8. The molecule has 0 aliphatic heterocycles. The van der Waals surface area contributed by atoms with Crippen LogP contribution in [0.2, 0.25) is 0 Å². The fourth-order valence-electron chi connectivity index (χ4n) is 1.93. The molecule has 0 amide bonds. The van der Waals surface area contributed by atoms with Crippen molar-refractivity contribution in [1.29, 1.82) is 0 Å². The van der Waals surface area contributed by atoms with Crippen LogP contribution in [0.3, 0.4) is 0 Å². The maximum Gasteiger partial charge on any atom is 0.159 e. The van der Waals surface area contributed by atoms with Crippen LogP contribution >= 0.6 is 0 Å². The van der Waals surface area contributed by atoms with Crippen molar-refractivity contribution in [3.63, 3.8) is 0 Å². The zero-order valence-corrected chi connectivity index (χ0v) is 10.3. The lowest BCUT2D eigenvalue weighted by Gasteiger charge is -2.24. The van der Waals surface area contributed by atoms with Crippen molar-refractivity contribution in [1.82, 2.24) is 0 Å². The summed E-state index contributed by atoms with van der Waals surface area (Å²) in [7, 11) is 0. The van der Waals surface area contributed by atoms with Gasteiger partial charge in [0, 0.05) is 6.42 Å². The zero-order chi connectivity index (χ0) is 14.0. The number of hydrogen-bond acceptors (Lipinski definition) is 1. The SMILES string of the molecule is CC(O)(Cc1ccc(F)cc1)c1ccc(F)c(F)c1. The van der Waals surface area contributed by atoms with Gasteiger partial charge in [0.05, 0.1) is 5.60 Å². The second-order valence-electron chi connectivity index (χ2n) is 4.71. The van der Waals surface area contributed by atoms with E-state index in [1.807, 2.05) is 0 Å². The molecule has 0 heterocycles. The molecule has 100 valence electrons. The number of halogens is 3. The molecule has 2 aromatic rings. The summed E-state index contributed by atoms with van der Waals surface area (Å²) in [6, 6.07) is 8.95. The van der Waals surface area contributed by atoms with Crippen molar-refractivity contribution >= 4 is 0 Å². The molecule has 0 saturated heterocycles. The molecule has 4 heteroatoms. The van der Waals surface area contributed by atoms with Gasteiger partial charge in [0.25, 0.3) is 0 Å².